The van der Waals surface area contributed by atoms with Gasteiger partial charge in [0.2, 0.25) is 0 Å². The van der Waals surface area contributed by atoms with Crippen LogP contribution in [0.15, 0.2) is 35.3 Å². The zero-order valence-corrected chi connectivity index (χ0v) is 20.7. The van der Waals surface area contributed by atoms with Crippen molar-refractivity contribution < 1.29 is 0 Å². The molecule has 0 bridgehead atoms. The molecule has 1 saturated heterocycles. The van der Waals surface area contributed by atoms with E-state index < -0.39 is 0 Å². The van der Waals surface area contributed by atoms with Crippen molar-refractivity contribution in [2.24, 2.45) is 4.99 Å². The number of aryl methyl sites for hydroxylation is 1. The minimum Gasteiger partial charge on any atom is -0.382 e. The van der Waals surface area contributed by atoms with Crippen molar-refractivity contribution in [3.8, 4) is 11.8 Å². The molecule has 2 aromatic rings. The first kappa shape index (κ1) is 24.3. The summed E-state index contributed by atoms with van der Waals surface area (Å²) >= 11 is 2.03. The molecule has 9 heteroatoms. The lowest BCUT2D eigenvalue weighted by Crippen LogP contribution is -2.43. The summed E-state index contributed by atoms with van der Waals surface area (Å²) in [5, 5.41) is 20.9. The van der Waals surface area contributed by atoms with Crippen LogP contribution in [0.1, 0.15) is 37.4 Å². The Balaban J connectivity index is 0.00000320. The number of nitrogens with zero attached hydrogens (tertiary/aromatic N) is 4. The summed E-state index contributed by atoms with van der Waals surface area (Å²) in [7, 11) is 1.79. The lowest BCUT2D eigenvalue weighted by atomic mass is 10.1. The molecule has 1 aromatic carbocycles. The van der Waals surface area contributed by atoms with Gasteiger partial charge in [-0.1, -0.05) is 18.2 Å². The van der Waals surface area contributed by atoms with Gasteiger partial charge in [-0.25, -0.2) is 4.68 Å². The molecular formula is C21H30IN7S. The second-order valence-corrected chi connectivity index (χ2v) is 9.11. The van der Waals surface area contributed by atoms with Gasteiger partial charge >= 0.3 is 0 Å². The van der Waals surface area contributed by atoms with Crippen molar-refractivity contribution in [3.63, 3.8) is 0 Å². The largest absolute Gasteiger partial charge is 0.382 e. The summed E-state index contributed by atoms with van der Waals surface area (Å²) in [6.07, 6.45) is 4.02. The average molecular weight is 539 g/mol. The van der Waals surface area contributed by atoms with E-state index in [1.54, 1.807) is 11.7 Å². The lowest BCUT2D eigenvalue weighted by Gasteiger charge is -2.24. The highest BCUT2D eigenvalue weighted by Crippen LogP contribution is 2.36. The molecule has 7 nitrogen and oxygen atoms in total. The van der Waals surface area contributed by atoms with Crippen molar-refractivity contribution in [3.05, 3.63) is 41.6 Å². The molecule has 1 aliphatic rings. The van der Waals surface area contributed by atoms with Crippen LogP contribution in [0.5, 0.6) is 0 Å². The molecule has 0 saturated carbocycles. The van der Waals surface area contributed by atoms with E-state index in [1.807, 2.05) is 42.1 Å². The van der Waals surface area contributed by atoms with Crippen LogP contribution in [0.4, 0.5) is 5.82 Å². The van der Waals surface area contributed by atoms with Gasteiger partial charge in [0.15, 0.2) is 5.96 Å². The van der Waals surface area contributed by atoms with E-state index in [0.717, 1.165) is 36.9 Å². The van der Waals surface area contributed by atoms with Crippen LogP contribution in [0.2, 0.25) is 0 Å². The van der Waals surface area contributed by atoms with Gasteiger partial charge < -0.3 is 16.4 Å². The monoisotopic (exact) mass is 539 g/mol. The van der Waals surface area contributed by atoms with E-state index in [9.17, 15) is 5.26 Å². The molecule has 1 atom stereocenters. The van der Waals surface area contributed by atoms with E-state index in [0.29, 0.717) is 22.5 Å². The van der Waals surface area contributed by atoms with Crippen LogP contribution in [0, 0.1) is 11.3 Å². The number of nitrogen functional groups attached to an aromatic ring is 1. The maximum atomic E-state index is 9.51. The summed E-state index contributed by atoms with van der Waals surface area (Å²) in [4.78, 5) is 4.31. The molecular weight excluding hydrogens is 509 g/mol. The van der Waals surface area contributed by atoms with Gasteiger partial charge in [0.1, 0.15) is 17.5 Å². The first-order valence-electron chi connectivity index (χ1n) is 9.98. The zero-order valence-electron chi connectivity index (χ0n) is 17.5. The maximum Gasteiger partial charge on any atom is 0.191 e. The first-order chi connectivity index (χ1) is 14.1. The SMILES string of the molecule is CN=C(NCCCc1nn(-c2ccccc2)c(N)c1C#N)NCC1(C)CCCS1.I. The molecule has 1 aromatic heterocycles. The molecule has 162 valence electrons. The number of nitrogens with two attached hydrogens (primary N) is 1. The molecule has 3 rings (SSSR count). The number of anilines is 1. The van der Waals surface area contributed by atoms with Gasteiger partial charge in [-0.05, 0) is 50.5 Å². The standard InChI is InChI=1S/C21H29N7S.HI/c1-21(11-7-13-29-21)15-26-20(24-2)25-12-6-10-18-17(14-22)19(23)28(27-18)16-8-4-3-5-9-16;/h3-5,8-9H,6-7,10-13,15,23H2,1-2H3,(H2,24,25,26);1H. The Morgan fingerprint density at radius 3 is 2.77 bits per heavy atom. The molecule has 1 unspecified atom stereocenters. The third-order valence-corrected chi connectivity index (χ3v) is 6.68. The smallest absolute Gasteiger partial charge is 0.191 e. The van der Waals surface area contributed by atoms with Crippen molar-refractivity contribution in [1.82, 2.24) is 20.4 Å². The molecule has 0 radical (unpaired) electrons. The number of guanidine groups is 1. The number of nitrogens with one attached hydrogen (secondary N) is 2. The molecule has 2 heterocycles. The van der Waals surface area contributed by atoms with Crippen LogP contribution in [-0.4, -0.2) is 46.4 Å². The minimum absolute atomic E-state index is 0. The minimum atomic E-state index is 0. The Labute approximate surface area is 199 Å². The molecule has 1 aliphatic heterocycles. The fraction of sp³-hybridized carbons (Fsp3) is 0.476. The summed E-state index contributed by atoms with van der Waals surface area (Å²) < 4.78 is 1.93. The van der Waals surface area contributed by atoms with E-state index in [-0.39, 0.29) is 24.0 Å². The number of rotatable bonds is 7. The van der Waals surface area contributed by atoms with Crippen molar-refractivity contribution in [2.75, 3.05) is 31.6 Å². The third kappa shape index (κ3) is 6.04. The fourth-order valence-corrected chi connectivity index (χ4v) is 4.72. The molecule has 0 spiro atoms. The number of nitriles is 1. The van der Waals surface area contributed by atoms with Crippen LogP contribution >= 0.6 is 35.7 Å². The highest BCUT2D eigenvalue weighted by molar-refractivity contribution is 14.0. The van der Waals surface area contributed by atoms with Gasteiger partial charge in [0, 0.05) is 24.9 Å². The predicted octanol–water partition coefficient (Wildman–Crippen LogP) is 3.33. The number of thioether (sulfide) groups is 1. The Kier molecular flexibility index (Phi) is 9.30. The second kappa shape index (κ2) is 11.5. The van der Waals surface area contributed by atoms with E-state index in [2.05, 4.69) is 33.7 Å². The average Bonchev–Trinajstić information content (AvgIpc) is 3.31. The number of aliphatic imine (C=N–C) groups is 1. The molecule has 0 amide bonds. The van der Waals surface area contributed by atoms with Gasteiger partial charge in [0.25, 0.3) is 0 Å². The highest BCUT2D eigenvalue weighted by Gasteiger charge is 2.29. The summed E-state index contributed by atoms with van der Waals surface area (Å²) in [6.45, 7) is 3.96. The summed E-state index contributed by atoms with van der Waals surface area (Å²) in [5.41, 5.74) is 8.21. The quantitative estimate of drug-likeness (QED) is 0.216. The molecule has 0 aliphatic carbocycles. The summed E-state index contributed by atoms with van der Waals surface area (Å²) in [5.74, 6) is 2.44. The summed E-state index contributed by atoms with van der Waals surface area (Å²) in [6, 6.07) is 11.8. The predicted molar refractivity (Wildman–Crippen MR) is 136 cm³/mol. The van der Waals surface area contributed by atoms with E-state index >= 15 is 0 Å². The van der Waals surface area contributed by atoms with E-state index in [1.165, 1.54) is 18.6 Å². The fourth-order valence-electron chi connectivity index (χ4n) is 3.47. The van der Waals surface area contributed by atoms with Crippen LogP contribution in [0.3, 0.4) is 0 Å². The number of benzene rings is 1. The molecule has 30 heavy (non-hydrogen) atoms. The third-order valence-electron chi connectivity index (χ3n) is 5.14. The van der Waals surface area contributed by atoms with Crippen LogP contribution in [0.25, 0.3) is 5.69 Å². The topological polar surface area (TPSA) is 104 Å². The number of para-hydroxylation sites is 1. The van der Waals surface area contributed by atoms with Gasteiger partial charge in [-0.2, -0.15) is 22.1 Å². The number of halogens is 1. The second-order valence-electron chi connectivity index (χ2n) is 7.42. The normalized spacial score (nSPS) is 18.5. The van der Waals surface area contributed by atoms with Crippen molar-refractivity contribution in [1.29, 1.82) is 5.26 Å². The number of aromatic nitrogens is 2. The lowest BCUT2D eigenvalue weighted by molar-refractivity contribution is 0.583. The van der Waals surface area contributed by atoms with Crippen LogP contribution < -0.4 is 16.4 Å². The Hall–Kier alpha value is -1.93. The van der Waals surface area contributed by atoms with Gasteiger partial charge in [-0.3, -0.25) is 4.99 Å². The first-order valence-corrected chi connectivity index (χ1v) is 11.0. The number of hydrogen-bond donors (Lipinski definition) is 3. The highest BCUT2D eigenvalue weighted by atomic mass is 127. The van der Waals surface area contributed by atoms with E-state index in [4.69, 9.17) is 5.73 Å². The molecule has 1 fully saturated rings. The van der Waals surface area contributed by atoms with Crippen molar-refractivity contribution >= 4 is 47.5 Å². The Bertz CT molecular complexity index is 883. The number of hydrogen-bond acceptors (Lipinski definition) is 5. The van der Waals surface area contributed by atoms with Crippen molar-refractivity contribution in [2.45, 2.75) is 37.4 Å². The van der Waals surface area contributed by atoms with Crippen LogP contribution in [-0.2, 0) is 6.42 Å². The van der Waals surface area contributed by atoms with Gasteiger partial charge in [-0.15, -0.1) is 24.0 Å². The Morgan fingerprint density at radius 1 is 1.37 bits per heavy atom. The van der Waals surface area contributed by atoms with Gasteiger partial charge in [0.05, 0.1) is 11.4 Å². The zero-order chi connectivity index (χ0) is 20.7. The molecule has 4 N–H and O–H groups in total. The Morgan fingerprint density at radius 2 is 2.13 bits per heavy atom. The maximum absolute atomic E-state index is 9.51.